The molecule has 5 nitrogen and oxygen atoms in total. The summed E-state index contributed by atoms with van der Waals surface area (Å²) in [4.78, 5) is 6.87. The SMILES string of the molecule is CCn1c(C)cc([C@H]2[C@@H](c3ccccn3)NC(=S)N2c2ccc(Oc3ccccc3)cc2)c1C. The number of benzene rings is 2. The van der Waals surface area contributed by atoms with Crippen molar-refractivity contribution in [1.82, 2.24) is 14.9 Å². The fraction of sp³-hybridized carbons (Fsp3) is 0.214. The molecule has 1 aliphatic heterocycles. The number of rotatable bonds is 6. The van der Waals surface area contributed by atoms with Gasteiger partial charge in [-0.1, -0.05) is 24.3 Å². The second-order valence-corrected chi connectivity index (χ2v) is 8.86. The van der Waals surface area contributed by atoms with Crippen molar-refractivity contribution in [3.05, 3.63) is 108 Å². The number of aromatic nitrogens is 2. The van der Waals surface area contributed by atoms with E-state index in [0.717, 1.165) is 29.4 Å². The molecule has 3 heterocycles. The average molecular weight is 469 g/mol. The van der Waals surface area contributed by atoms with E-state index in [1.54, 1.807) is 0 Å². The molecule has 5 rings (SSSR count). The first-order chi connectivity index (χ1) is 16.6. The zero-order valence-electron chi connectivity index (χ0n) is 19.6. The van der Waals surface area contributed by atoms with Crippen molar-refractivity contribution >= 4 is 23.0 Å². The zero-order valence-corrected chi connectivity index (χ0v) is 20.4. The molecule has 2 aromatic heterocycles. The molecule has 1 N–H and O–H groups in total. The van der Waals surface area contributed by atoms with E-state index in [4.69, 9.17) is 17.0 Å². The van der Waals surface area contributed by atoms with Crippen LogP contribution in [0.15, 0.2) is 85.1 Å². The van der Waals surface area contributed by atoms with Crippen LogP contribution in [0.4, 0.5) is 5.69 Å². The molecule has 2 aromatic carbocycles. The third-order valence-electron chi connectivity index (χ3n) is 6.44. The minimum absolute atomic E-state index is 0.0187. The summed E-state index contributed by atoms with van der Waals surface area (Å²) in [7, 11) is 0. The molecule has 4 aromatic rings. The minimum Gasteiger partial charge on any atom is -0.457 e. The van der Waals surface area contributed by atoms with Crippen LogP contribution >= 0.6 is 12.2 Å². The lowest BCUT2D eigenvalue weighted by Crippen LogP contribution is -2.29. The van der Waals surface area contributed by atoms with Crippen LogP contribution in [0.25, 0.3) is 0 Å². The van der Waals surface area contributed by atoms with Crippen LogP contribution in [-0.4, -0.2) is 14.7 Å². The Hall–Kier alpha value is -3.64. The molecule has 34 heavy (non-hydrogen) atoms. The number of aryl methyl sites for hydroxylation is 1. The van der Waals surface area contributed by atoms with Gasteiger partial charge in [-0.05, 0) is 93.1 Å². The molecule has 172 valence electrons. The molecular weight excluding hydrogens is 440 g/mol. The van der Waals surface area contributed by atoms with Crippen molar-refractivity contribution in [1.29, 1.82) is 0 Å². The number of pyridine rings is 1. The number of nitrogens with one attached hydrogen (secondary N) is 1. The molecule has 6 heteroatoms. The monoisotopic (exact) mass is 468 g/mol. The first kappa shape index (κ1) is 22.2. The Bertz CT molecular complexity index is 1290. The molecule has 0 saturated carbocycles. The van der Waals surface area contributed by atoms with Crippen molar-refractivity contribution in [3.8, 4) is 11.5 Å². The molecule has 1 fully saturated rings. The van der Waals surface area contributed by atoms with Gasteiger partial charge in [0.15, 0.2) is 5.11 Å². The number of hydrogen-bond acceptors (Lipinski definition) is 3. The number of hydrogen-bond donors (Lipinski definition) is 1. The summed E-state index contributed by atoms with van der Waals surface area (Å²) in [5.41, 5.74) is 5.75. The smallest absolute Gasteiger partial charge is 0.174 e. The maximum atomic E-state index is 6.00. The van der Waals surface area contributed by atoms with Gasteiger partial charge in [-0.3, -0.25) is 4.98 Å². The number of anilines is 1. The summed E-state index contributed by atoms with van der Waals surface area (Å²) in [5.74, 6) is 1.60. The lowest BCUT2D eigenvalue weighted by atomic mass is 9.96. The van der Waals surface area contributed by atoms with Crippen molar-refractivity contribution in [2.24, 2.45) is 0 Å². The number of para-hydroxylation sites is 1. The topological polar surface area (TPSA) is 42.3 Å². The summed E-state index contributed by atoms with van der Waals surface area (Å²) in [6.07, 6.45) is 1.84. The Kier molecular flexibility index (Phi) is 6.07. The fourth-order valence-electron chi connectivity index (χ4n) is 4.86. The molecular formula is C28H28N4OS. The lowest BCUT2D eigenvalue weighted by Gasteiger charge is -2.28. The van der Waals surface area contributed by atoms with Gasteiger partial charge in [0.1, 0.15) is 11.5 Å². The summed E-state index contributed by atoms with van der Waals surface area (Å²) in [6.45, 7) is 7.47. The van der Waals surface area contributed by atoms with Crippen LogP contribution in [0.5, 0.6) is 11.5 Å². The van der Waals surface area contributed by atoms with Crippen LogP contribution < -0.4 is 15.0 Å². The Morgan fingerprint density at radius 2 is 1.65 bits per heavy atom. The van der Waals surface area contributed by atoms with E-state index >= 15 is 0 Å². The quantitative estimate of drug-likeness (QED) is 0.328. The largest absolute Gasteiger partial charge is 0.457 e. The summed E-state index contributed by atoms with van der Waals surface area (Å²) < 4.78 is 8.35. The zero-order chi connectivity index (χ0) is 23.7. The molecule has 0 radical (unpaired) electrons. The van der Waals surface area contributed by atoms with Crippen LogP contribution in [0.1, 0.15) is 41.7 Å². The van der Waals surface area contributed by atoms with E-state index in [1.807, 2.05) is 60.8 Å². The van der Waals surface area contributed by atoms with Crippen LogP contribution in [0.2, 0.25) is 0 Å². The van der Waals surface area contributed by atoms with Gasteiger partial charge in [-0.25, -0.2) is 0 Å². The molecule has 0 unspecified atom stereocenters. The molecule has 0 bridgehead atoms. The second kappa shape index (κ2) is 9.31. The highest BCUT2D eigenvalue weighted by Crippen LogP contribution is 2.43. The van der Waals surface area contributed by atoms with Crippen LogP contribution in [0.3, 0.4) is 0 Å². The first-order valence-electron chi connectivity index (χ1n) is 11.6. The van der Waals surface area contributed by atoms with Crippen molar-refractivity contribution in [2.75, 3.05) is 4.90 Å². The van der Waals surface area contributed by atoms with Crippen LogP contribution in [-0.2, 0) is 6.54 Å². The van der Waals surface area contributed by atoms with Crippen molar-refractivity contribution < 1.29 is 4.74 Å². The maximum Gasteiger partial charge on any atom is 0.174 e. The van der Waals surface area contributed by atoms with Gasteiger partial charge >= 0.3 is 0 Å². The lowest BCUT2D eigenvalue weighted by molar-refractivity contribution is 0.482. The predicted molar refractivity (Wildman–Crippen MR) is 140 cm³/mol. The Morgan fingerprint density at radius 3 is 2.29 bits per heavy atom. The van der Waals surface area contributed by atoms with E-state index in [-0.39, 0.29) is 12.1 Å². The van der Waals surface area contributed by atoms with E-state index in [1.165, 1.54) is 17.0 Å². The molecule has 1 saturated heterocycles. The van der Waals surface area contributed by atoms with Gasteiger partial charge in [-0.2, -0.15) is 0 Å². The van der Waals surface area contributed by atoms with Crippen LogP contribution in [0, 0.1) is 13.8 Å². The second-order valence-electron chi connectivity index (χ2n) is 8.48. The highest BCUT2D eigenvalue weighted by Gasteiger charge is 2.42. The maximum absolute atomic E-state index is 6.00. The van der Waals surface area contributed by atoms with Gasteiger partial charge in [0.2, 0.25) is 0 Å². The highest BCUT2D eigenvalue weighted by molar-refractivity contribution is 7.80. The standard InChI is InChI=1S/C28H28N4OS/c1-4-31-19(2)18-24(20(31)3)27-26(25-12-8-9-17-29-25)30-28(34)32(27)21-13-15-23(16-14-21)33-22-10-6-5-7-11-22/h5-18,26-27H,4H2,1-3H3,(H,30,34)/t26-,27+/m1/s1. The van der Waals surface area contributed by atoms with Gasteiger partial charge in [0.05, 0.1) is 17.8 Å². The van der Waals surface area contributed by atoms with Gasteiger partial charge in [-0.15, -0.1) is 0 Å². The molecule has 2 atom stereocenters. The highest BCUT2D eigenvalue weighted by atomic mass is 32.1. The molecule has 1 aliphatic rings. The molecule has 0 aliphatic carbocycles. The van der Waals surface area contributed by atoms with E-state index in [2.05, 4.69) is 64.8 Å². The van der Waals surface area contributed by atoms with E-state index in [9.17, 15) is 0 Å². The minimum atomic E-state index is -0.0558. The normalized spacial score (nSPS) is 17.6. The summed E-state index contributed by atoms with van der Waals surface area (Å²) in [6, 6.07) is 26.2. The molecule has 0 spiro atoms. The number of thiocarbonyl (C=S) groups is 1. The van der Waals surface area contributed by atoms with Gasteiger partial charge < -0.3 is 19.5 Å². The predicted octanol–water partition coefficient (Wildman–Crippen LogP) is 6.49. The Labute approximate surface area is 206 Å². The Morgan fingerprint density at radius 1 is 0.941 bits per heavy atom. The fourth-order valence-corrected chi connectivity index (χ4v) is 5.21. The summed E-state index contributed by atoms with van der Waals surface area (Å²) in [5, 5.41) is 4.24. The Balaban J connectivity index is 1.54. The third kappa shape index (κ3) is 4.05. The first-order valence-corrected chi connectivity index (χ1v) is 12.0. The van der Waals surface area contributed by atoms with Crippen molar-refractivity contribution in [3.63, 3.8) is 0 Å². The number of ether oxygens (including phenoxy) is 1. The van der Waals surface area contributed by atoms with Gasteiger partial charge in [0.25, 0.3) is 0 Å². The molecule has 0 amide bonds. The number of nitrogens with zero attached hydrogens (tertiary/aromatic N) is 3. The third-order valence-corrected chi connectivity index (χ3v) is 6.75. The average Bonchev–Trinajstić information content (AvgIpc) is 3.35. The van der Waals surface area contributed by atoms with E-state index < -0.39 is 0 Å². The van der Waals surface area contributed by atoms with Gasteiger partial charge in [0, 0.05) is 29.8 Å². The van der Waals surface area contributed by atoms with E-state index in [0.29, 0.717) is 5.11 Å². The van der Waals surface area contributed by atoms with Crippen molar-refractivity contribution in [2.45, 2.75) is 39.4 Å². The summed E-state index contributed by atoms with van der Waals surface area (Å²) >= 11 is 5.87.